The van der Waals surface area contributed by atoms with Gasteiger partial charge >= 0.3 is 5.97 Å². The van der Waals surface area contributed by atoms with Crippen LogP contribution in [0.15, 0.2) is 36.4 Å². The van der Waals surface area contributed by atoms with Crippen LogP contribution in [0.25, 0.3) is 0 Å². The van der Waals surface area contributed by atoms with E-state index in [9.17, 15) is 14.0 Å². The average molecular weight is 382 g/mol. The summed E-state index contributed by atoms with van der Waals surface area (Å²) in [6.45, 7) is 1.41. The van der Waals surface area contributed by atoms with Gasteiger partial charge < -0.3 is 19.5 Å². The van der Waals surface area contributed by atoms with Gasteiger partial charge in [0, 0.05) is 0 Å². The van der Waals surface area contributed by atoms with Crippen LogP contribution in [0.3, 0.4) is 0 Å². The first-order valence-corrected chi connectivity index (χ1v) is 7.92. The molecule has 0 unspecified atom stereocenters. The lowest BCUT2D eigenvalue weighted by Gasteiger charge is -2.15. The Hall–Kier alpha value is -2.80. The van der Waals surface area contributed by atoms with E-state index >= 15 is 0 Å². The smallest absolute Gasteiger partial charge is 0.339 e. The zero-order valence-corrected chi connectivity index (χ0v) is 15.1. The van der Waals surface area contributed by atoms with Crippen LogP contribution in [-0.2, 0) is 9.53 Å². The predicted molar refractivity (Wildman–Crippen MR) is 94.5 cm³/mol. The van der Waals surface area contributed by atoms with Crippen molar-refractivity contribution in [2.75, 3.05) is 19.5 Å². The van der Waals surface area contributed by atoms with Gasteiger partial charge in [0.05, 0.1) is 30.5 Å². The van der Waals surface area contributed by atoms with Gasteiger partial charge in [0.15, 0.2) is 17.6 Å². The maximum atomic E-state index is 13.0. The molecule has 1 amide bonds. The van der Waals surface area contributed by atoms with Crippen molar-refractivity contribution in [3.8, 4) is 11.5 Å². The Morgan fingerprint density at radius 3 is 2.38 bits per heavy atom. The van der Waals surface area contributed by atoms with E-state index in [1.807, 2.05) is 0 Å². The number of methoxy groups -OCH3 is 2. The van der Waals surface area contributed by atoms with Crippen molar-refractivity contribution in [1.82, 2.24) is 0 Å². The summed E-state index contributed by atoms with van der Waals surface area (Å²) in [6.07, 6.45) is -1.10. The van der Waals surface area contributed by atoms with Crippen molar-refractivity contribution in [2.24, 2.45) is 0 Å². The molecular formula is C18H17ClFNO5. The van der Waals surface area contributed by atoms with Crippen molar-refractivity contribution in [3.05, 3.63) is 52.8 Å². The molecule has 0 fully saturated rings. The van der Waals surface area contributed by atoms with E-state index in [2.05, 4.69) is 5.32 Å². The molecule has 0 bridgehead atoms. The van der Waals surface area contributed by atoms with Gasteiger partial charge in [-0.25, -0.2) is 9.18 Å². The van der Waals surface area contributed by atoms with Gasteiger partial charge in [0.1, 0.15) is 5.82 Å². The summed E-state index contributed by atoms with van der Waals surface area (Å²) in [7, 11) is 2.91. The van der Waals surface area contributed by atoms with Gasteiger partial charge in [-0.1, -0.05) is 11.6 Å². The highest BCUT2D eigenvalue weighted by molar-refractivity contribution is 6.33. The zero-order valence-electron chi connectivity index (χ0n) is 14.3. The van der Waals surface area contributed by atoms with Gasteiger partial charge in [-0.05, 0) is 43.3 Å². The van der Waals surface area contributed by atoms with Crippen molar-refractivity contribution < 1.29 is 28.2 Å². The van der Waals surface area contributed by atoms with E-state index < -0.39 is 23.8 Å². The third kappa shape index (κ3) is 4.64. The Morgan fingerprint density at radius 2 is 1.77 bits per heavy atom. The third-order valence-electron chi connectivity index (χ3n) is 3.46. The first-order valence-electron chi connectivity index (χ1n) is 7.54. The summed E-state index contributed by atoms with van der Waals surface area (Å²) in [6, 6.07) is 8.03. The normalized spacial score (nSPS) is 11.4. The van der Waals surface area contributed by atoms with Crippen molar-refractivity contribution >= 4 is 29.2 Å². The number of carbonyl (C=O) groups excluding carboxylic acids is 2. The molecule has 0 radical (unpaired) electrons. The van der Waals surface area contributed by atoms with E-state index in [1.165, 1.54) is 39.3 Å². The van der Waals surface area contributed by atoms with Crippen LogP contribution in [0.1, 0.15) is 17.3 Å². The molecule has 2 rings (SSSR count). The fourth-order valence-corrected chi connectivity index (χ4v) is 2.28. The Labute approximate surface area is 154 Å². The van der Waals surface area contributed by atoms with Crippen molar-refractivity contribution in [2.45, 2.75) is 13.0 Å². The number of ether oxygens (including phenoxy) is 3. The minimum Gasteiger partial charge on any atom is -0.493 e. The average Bonchev–Trinajstić information content (AvgIpc) is 2.63. The molecule has 2 aromatic rings. The predicted octanol–water partition coefficient (Wildman–Crippen LogP) is 3.68. The number of nitrogens with one attached hydrogen (secondary N) is 1. The molecule has 8 heteroatoms. The SMILES string of the molecule is COc1ccc(C(=O)O[C@@H](C)C(=O)Nc2ccc(F)cc2Cl)cc1OC. The number of benzene rings is 2. The highest BCUT2D eigenvalue weighted by Gasteiger charge is 2.21. The second-order valence-corrected chi connectivity index (χ2v) is 5.64. The number of hydrogen-bond acceptors (Lipinski definition) is 5. The first-order chi connectivity index (χ1) is 12.3. The molecule has 0 aliphatic carbocycles. The number of carbonyl (C=O) groups is 2. The standard InChI is InChI=1S/C18H17ClFNO5/c1-10(17(22)21-14-6-5-12(20)9-13(14)19)26-18(23)11-4-7-15(24-2)16(8-11)25-3/h4-10H,1-3H3,(H,21,22)/t10-/m0/s1. The van der Waals surface area contributed by atoms with E-state index in [1.54, 1.807) is 6.07 Å². The Balaban J connectivity index is 2.05. The van der Waals surface area contributed by atoms with Gasteiger partial charge in [-0.15, -0.1) is 0 Å². The second-order valence-electron chi connectivity index (χ2n) is 5.23. The molecule has 0 aromatic heterocycles. The lowest BCUT2D eigenvalue weighted by atomic mass is 10.2. The molecule has 138 valence electrons. The van der Waals surface area contributed by atoms with Gasteiger partial charge in [0.2, 0.25) is 0 Å². The van der Waals surface area contributed by atoms with Crippen LogP contribution in [0.2, 0.25) is 5.02 Å². The quantitative estimate of drug-likeness (QED) is 0.773. The van der Waals surface area contributed by atoms with Crippen LogP contribution in [-0.4, -0.2) is 32.2 Å². The van der Waals surface area contributed by atoms with Gasteiger partial charge in [-0.3, -0.25) is 4.79 Å². The van der Waals surface area contributed by atoms with E-state index in [-0.39, 0.29) is 16.3 Å². The Bertz CT molecular complexity index is 827. The van der Waals surface area contributed by atoms with Crippen LogP contribution < -0.4 is 14.8 Å². The second kappa shape index (κ2) is 8.53. The van der Waals surface area contributed by atoms with E-state index in [4.69, 9.17) is 25.8 Å². The number of anilines is 1. The number of rotatable bonds is 6. The Morgan fingerprint density at radius 1 is 1.08 bits per heavy atom. The van der Waals surface area contributed by atoms with Crippen molar-refractivity contribution in [3.63, 3.8) is 0 Å². The number of halogens is 2. The monoisotopic (exact) mass is 381 g/mol. The molecule has 0 spiro atoms. The number of amides is 1. The molecule has 1 N–H and O–H groups in total. The fraction of sp³-hybridized carbons (Fsp3) is 0.222. The molecule has 0 heterocycles. The van der Waals surface area contributed by atoms with Crippen LogP contribution in [0.4, 0.5) is 10.1 Å². The maximum Gasteiger partial charge on any atom is 0.339 e. The van der Waals surface area contributed by atoms with Crippen LogP contribution >= 0.6 is 11.6 Å². The first kappa shape index (κ1) is 19.5. The molecule has 2 aromatic carbocycles. The third-order valence-corrected chi connectivity index (χ3v) is 3.77. The van der Waals surface area contributed by atoms with Gasteiger partial charge in [0.25, 0.3) is 5.91 Å². The fourth-order valence-electron chi connectivity index (χ4n) is 2.07. The molecule has 6 nitrogen and oxygen atoms in total. The van der Waals surface area contributed by atoms with E-state index in [0.29, 0.717) is 11.5 Å². The summed E-state index contributed by atoms with van der Waals surface area (Å²) in [5.74, 6) is -1.02. The molecule has 26 heavy (non-hydrogen) atoms. The summed E-state index contributed by atoms with van der Waals surface area (Å²) in [5, 5.41) is 2.51. The molecule has 0 saturated carbocycles. The molecule has 0 saturated heterocycles. The maximum absolute atomic E-state index is 13.0. The highest BCUT2D eigenvalue weighted by atomic mass is 35.5. The number of hydrogen-bond donors (Lipinski definition) is 1. The lowest BCUT2D eigenvalue weighted by Crippen LogP contribution is -2.30. The van der Waals surface area contributed by atoms with Crippen molar-refractivity contribution in [1.29, 1.82) is 0 Å². The zero-order chi connectivity index (χ0) is 19.3. The Kier molecular flexibility index (Phi) is 6.41. The minimum atomic E-state index is -1.10. The minimum absolute atomic E-state index is 0.0387. The molecule has 0 aliphatic rings. The summed E-state index contributed by atoms with van der Waals surface area (Å²) >= 11 is 5.85. The molecule has 0 aliphatic heterocycles. The lowest BCUT2D eigenvalue weighted by molar-refractivity contribution is -0.123. The largest absolute Gasteiger partial charge is 0.493 e. The van der Waals surface area contributed by atoms with Gasteiger partial charge in [-0.2, -0.15) is 0 Å². The van der Waals surface area contributed by atoms with E-state index in [0.717, 1.165) is 12.1 Å². The molecule has 1 atom stereocenters. The summed E-state index contributed by atoms with van der Waals surface area (Å²) < 4.78 is 28.4. The topological polar surface area (TPSA) is 73.9 Å². The van der Waals surface area contributed by atoms with Crippen LogP contribution in [0, 0.1) is 5.82 Å². The summed E-state index contributed by atoms with van der Waals surface area (Å²) in [5.41, 5.74) is 0.411. The summed E-state index contributed by atoms with van der Waals surface area (Å²) in [4.78, 5) is 24.4. The van der Waals surface area contributed by atoms with Crippen LogP contribution in [0.5, 0.6) is 11.5 Å². The number of esters is 1. The highest BCUT2D eigenvalue weighted by Crippen LogP contribution is 2.28. The molecular weight excluding hydrogens is 365 g/mol.